The molecule has 4 nitrogen and oxygen atoms in total. The van der Waals surface area contributed by atoms with Crippen LogP contribution in [0.1, 0.15) is 20.3 Å². The molecule has 0 aliphatic heterocycles. The number of nitriles is 1. The Balaban J connectivity index is 2.86. The minimum atomic E-state index is -0.537. The third kappa shape index (κ3) is 4.06. The second-order valence-electron chi connectivity index (χ2n) is 4.20. The van der Waals surface area contributed by atoms with Crippen molar-refractivity contribution < 1.29 is 13.9 Å². The number of amides is 1. The van der Waals surface area contributed by atoms with Crippen LogP contribution in [0.2, 0.25) is 0 Å². The zero-order chi connectivity index (χ0) is 13.5. The molecular weight excluding hydrogens is 235 g/mol. The molecule has 1 aromatic carbocycles. The standard InChI is InChI=1S/C13H15FN2O2/c1-9(2)8-18-13-10(14)4-3-5-11(13)16-12(17)6-7-15/h3-5,9H,6,8H2,1-2H3,(H,16,17). The summed E-state index contributed by atoms with van der Waals surface area (Å²) in [6.45, 7) is 4.23. The monoisotopic (exact) mass is 250 g/mol. The highest BCUT2D eigenvalue weighted by molar-refractivity contribution is 5.93. The lowest BCUT2D eigenvalue weighted by Crippen LogP contribution is -2.13. The van der Waals surface area contributed by atoms with Gasteiger partial charge in [0.1, 0.15) is 6.42 Å². The number of nitrogens with zero attached hydrogens (tertiary/aromatic N) is 1. The lowest BCUT2D eigenvalue weighted by Gasteiger charge is -2.14. The van der Waals surface area contributed by atoms with Gasteiger partial charge in [0, 0.05) is 0 Å². The van der Waals surface area contributed by atoms with Crippen LogP contribution in [0.15, 0.2) is 18.2 Å². The van der Waals surface area contributed by atoms with Crippen molar-refractivity contribution in [2.75, 3.05) is 11.9 Å². The largest absolute Gasteiger partial charge is 0.488 e. The van der Waals surface area contributed by atoms with Gasteiger partial charge in [-0.25, -0.2) is 4.39 Å². The van der Waals surface area contributed by atoms with Gasteiger partial charge in [-0.1, -0.05) is 19.9 Å². The highest BCUT2D eigenvalue weighted by atomic mass is 19.1. The zero-order valence-electron chi connectivity index (χ0n) is 10.4. The molecule has 0 bridgehead atoms. The fraction of sp³-hybridized carbons (Fsp3) is 0.385. The SMILES string of the molecule is CC(C)COc1c(F)cccc1NC(=O)CC#N. The van der Waals surface area contributed by atoms with Crippen LogP contribution in [0.3, 0.4) is 0 Å². The van der Waals surface area contributed by atoms with E-state index in [9.17, 15) is 9.18 Å². The Morgan fingerprint density at radius 3 is 2.89 bits per heavy atom. The number of carbonyl (C=O) groups is 1. The average molecular weight is 250 g/mol. The van der Waals surface area contributed by atoms with E-state index in [1.165, 1.54) is 18.2 Å². The molecule has 1 amide bonds. The fourth-order valence-corrected chi connectivity index (χ4v) is 1.27. The van der Waals surface area contributed by atoms with Gasteiger partial charge in [0.05, 0.1) is 18.4 Å². The van der Waals surface area contributed by atoms with Crippen molar-refractivity contribution in [3.05, 3.63) is 24.0 Å². The molecule has 0 spiro atoms. The van der Waals surface area contributed by atoms with E-state index in [0.717, 1.165) is 0 Å². The van der Waals surface area contributed by atoms with E-state index in [1.807, 2.05) is 13.8 Å². The topological polar surface area (TPSA) is 62.1 Å². The molecule has 18 heavy (non-hydrogen) atoms. The molecule has 0 unspecified atom stereocenters. The van der Waals surface area contributed by atoms with Crippen molar-refractivity contribution in [3.63, 3.8) is 0 Å². The first-order valence-electron chi connectivity index (χ1n) is 5.62. The number of carbonyl (C=O) groups excluding carboxylic acids is 1. The van der Waals surface area contributed by atoms with E-state index < -0.39 is 11.7 Å². The van der Waals surface area contributed by atoms with Crippen LogP contribution in [-0.2, 0) is 4.79 Å². The van der Waals surface area contributed by atoms with E-state index in [2.05, 4.69) is 5.32 Å². The van der Waals surface area contributed by atoms with Crippen LogP contribution in [0.25, 0.3) is 0 Å². The number of ether oxygens (including phenoxy) is 1. The van der Waals surface area contributed by atoms with E-state index in [-0.39, 0.29) is 23.8 Å². The highest BCUT2D eigenvalue weighted by Gasteiger charge is 2.12. The normalized spacial score (nSPS) is 9.94. The van der Waals surface area contributed by atoms with Crippen molar-refractivity contribution in [1.82, 2.24) is 0 Å². The lowest BCUT2D eigenvalue weighted by molar-refractivity contribution is -0.115. The lowest BCUT2D eigenvalue weighted by atomic mass is 10.2. The molecule has 96 valence electrons. The third-order valence-electron chi connectivity index (χ3n) is 2.04. The predicted octanol–water partition coefficient (Wildman–Crippen LogP) is 2.71. The minimum absolute atomic E-state index is 0.0116. The molecule has 1 aromatic rings. The van der Waals surface area contributed by atoms with Gasteiger partial charge in [-0.2, -0.15) is 5.26 Å². The second kappa shape index (κ2) is 6.60. The van der Waals surface area contributed by atoms with Gasteiger partial charge in [0.15, 0.2) is 11.6 Å². The van der Waals surface area contributed by atoms with Crippen molar-refractivity contribution in [3.8, 4) is 11.8 Å². The predicted molar refractivity (Wildman–Crippen MR) is 65.6 cm³/mol. The Labute approximate surface area is 105 Å². The summed E-state index contributed by atoms with van der Waals surface area (Å²) in [4.78, 5) is 11.3. The van der Waals surface area contributed by atoms with Crippen LogP contribution in [0.5, 0.6) is 5.75 Å². The van der Waals surface area contributed by atoms with Gasteiger partial charge < -0.3 is 10.1 Å². The third-order valence-corrected chi connectivity index (χ3v) is 2.04. The summed E-state index contributed by atoms with van der Waals surface area (Å²) in [6, 6.07) is 5.99. The summed E-state index contributed by atoms with van der Waals surface area (Å²) < 4.78 is 18.9. The van der Waals surface area contributed by atoms with Crippen LogP contribution in [0, 0.1) is 23.1 Å². The highest BCUT2D eigenvalue weighted by Crippen LogP contribution is 2.28. The average Bonchev–Trinajstić information content (AvgIpc) is 2.28. The first-order chi connectivity index (χ1) is 8.54. The number of hydrogen-bond acceptors (Lipinski definition) is 3. The molecular formula is C13H15FN2O2. The maximum atomic E-state index is 13.6. The van der Waals surface area contributed by atoms with Crippen molar-refractivity contribution in [2.24, 2.45) is 5.92 Å². The summed E-state index contributed by atoms with van der Waals surface area (Å²) in [5.41, 5.74) is 0.246. The smallest absolute Gasteiger partial charge is 0.238 e. The first-order valence-corrected chi connectivity index (χ1v) is 5.62. The number of rotatable bonds is 5. The molecule has 0 aliphatic carbocycles. The number of benzene rings is 1. The van der Waals surface area contributed by atoms with Gasteiger partial charge in [0.25, 0.3) is 0 Å². The van der Waals surface area contributed by atoms with Gasteiger partial charge in [-0.3, -0.25) is 4.79 Å². The maximum absolute atomic E-state index is 13.6. The van der Waals surface area contributed by atoms with Gasteiger partial charge in [-0.05, 0) is 18.1 Å². The summed E-state index contributed by atoms with van der Waals surface area (Å²) >= 11 is 0. The molecule has 0 fully saturated rings. The summed E-state index contributed by atoms with van der Waals surface area (Å²) in [5, 5.41) is 10.8. The van der Waals surface area contributed by atoms with Crippen LogP contribution in [-0.4, -0.2) is 12.5 Å². The summed E-state index contributed by atoms with van der Waals surface area (Å²) in [7, 11) is 0. The van der Waals surface area contributed by atoms with Crippen molar-refractivity contribution in [1.29, 1.82) is 5.26 Å². The van der Waals surface area contributed by atoms with Gasteiger partial charge in [-0.15, -0.1) is 0 Å². The van der Waals surface area contributed by atoms with Gasteiger partial charge >= 0.3 is 0 Å². The molecule has 0 atom stereocenters. The molecule has 0 heterocycles. The van der Waals surface area contributed by atoms with Crippen LogP contribution >= 0.6 is 0 Å². The zero-order valence-corrected chi connectivity index (χ0v) is 10.4. The number of para-hydroxylation sites is 1. The van der Waals surface area contributed by atoms with E-state index in [1.54, 1.807) is 6.07 Å². The van der Waals surface area contributed by atoms with E-state index in [4.69, 9.17) is 10.00 Å². The second-order valence-corrected chi connectivity index (χ2v) is 4.20. The quantitative estimate of drug-likeness (QED) is 0.873. The Morgan fingerprint density at radius 2 is 2.28 bits per heavy atom. The molecule has 0 radical (unpaired) electrons. The Morgan fingerprint density at radius 1 is 1.56 bits per heavy atom. The Kier molecular flexibility index (Phi) is 5.12. The molecule has 0 saturated heterocycles. The molecule has 5 heteroatoms. The van der Waals surface area contributed by atoms with Crippen LogP contribution in [0.4, 0.5) is 10.1 Å². The molecule has 1 N–H and O–H groups in total. The van der Waals surface area contributed by atoms with E-state index >= 15 is 0 Å². The minimum Gasteiger partial charge on any atom is -0.488 e. The number of halogens is 1. The van der Waals surface area contributed by atoms with Crippen molar-refractivity contribution in [2.45, 2.75) is 20.3 Å². The van der Waals surface area contributed by atoms with Gasteiger partial charge in [0.2, 0.25) is 5.91 Å². The Bertz CT molecular complexity index is 467. The number of nitrogens with one attached hydrogen (secondary N) is 1. The molecule has 0 aromatic heterocycles. The summed E-state index contributed by atoms with van der Waals surface area (Å²) in [6.07, 6.45) is -0.278. The molecule has 0 saturated carbocycles. The van der Waals surface area contributed by atoms with Crippen molar-refractivity contribution >= 4 is 11.6 Å². The summed E-state index contributed by atoms with van der Waals surface area (Å²) in [5.74, 6) is -0.771. The molecule has 0 aliphatic rings. The maximum Gasteiger partial charge on any atom is 0.238 e. The number of hydrogen-bond donors (Lipinski definition) is 1. The van der Waals surface area contributed by atoms with Crippen LogP contribution < -0.4 is 10.1 Å². The van der Waals surface area contributed by atoms with E-state index in [0.29, 0.717) is 6.61 Å². The molecule has 1 rings (SSSR count). The Hall–Kier alpha value is -2.09. The first kappa shape index (κ1) is 14.0. The fourth-order valence-electron chi connectivity index (χ4n) is 1.27. The number of anilines is 1.